The number of carbonyl (C=O) groups excluding carboxylic acids is 1. The van der Waals surface area contributed by atoms with Crippen molar-refractivity contribution in [1.29, 1.82) is 0 Å². The van der Waals surface area contributed by atoms with E-state index in [-0.39, 0.29) is 17.7 Å². The fraction of sp³-hybridized carbons (Fsp3) is 0.846. The number of amides is 1. The number of hydrogen-bond acceptors (Lipinski definition) is 3. The predicted molar refractivity (Wildman–Crippen MR) is 66.9 cm³/mol. The van der Waals surface area contributed by atoms with E-state index < -0.39 is 11.5 Å². The van der Waals surface area contributed by atoms with Gasteiger partial charge in [-0.15, -0.1) is 0 Å². The van der Waals surface area contributed by atoms with Gasteiger partial charge in [-0.25, -0.2) is 0 Å². The molecule has 0 aromatic carbocycles. The Morgan fingerprint density at radius 1 is 1.28 bits per heavy atom. The van der Waals surface area contributed by atoms with E-state index in [4.69, 9.17) is 10.8 Å². The van der Waals surface area contributed by atoms with Crippen LogP contribution in [0.2, 0.25) is 0 Å². The Morgan fingerprint density at radius 2 is 1.83 bits per heavy atom. The smallest absolute Gasteiger partial charge is 0.306 e. The fourth-order valence-corrected chi connectivity index (χ4v) is 2.91. The SMILES string of the molecule is CC(C(=O)O)C1CN(C(=O)C2(N)CCCCC2)C1. The highest BCUT2D eigenvalue weighted by atomic mass is 16.4. The number of carboxylic acid groups (broad SMARTS) is 1. The Labute approximate surface area is 107 Å². The van der Waals surface area contributed by atoms with Crippen LogP contribution in [0, 0.1) is 11.8 Å². The number of nitrogens with zero attached hydrogens (tertiary/aromatic N) is 1. The van der Waals surface area contributed by atoms with Gasteiger partial charge in [0.2, 0.25) is 5.91 Å². The summed E-state index contributed by atoms with van der Waals surface area (Å²) in [6.45, 7) is 2.80. The topological polar surface area (TPSA) is 83.6 Å². The molecule has 3 N–H and O–H groups in total. The molecule has 2 fully saturated rings. The fourth-order valence-electron chi connectivity index (χ4n) is 2.91. The number of nitrogens with two attached hydrogens (primary N) is 1. The van der Waals surface area contributed by atoms with E-state index in [0.717, 1.165) is 32.1 Å². The van der Waals surface area contributed by atoms with Gasteiger partial charge in [0, 0.05) is 19.0 Å². The lowest BCUT2D eigenvalue weighted by molar-refractivity contribution is -0.153. The number of rotatable bonds is 3. The zero-order chi connectivity index (χ0) is 13.3. The molecule has 5 nitrogen and oxygen atoms in total. The summed E-state index contributed by atoms with van der Waals surface area (Å²) in [6.07, 6.45) is 4.73. The summed E-state index contributed by atoms with van der Waals surface area (Å²) >= 11 is 0. The summed E-state index contributed by atoms with van der Waals surface area (Å²) in [5.41, 5.74) is 5.50. The van der Waals surface area contributed by atoms with Gasteiger partial charge in [-0.05, 0) is 12.8 Å². The minimum atomic E-state index is -0.785. The van der Waals surface area contributed by atoms with E-state index in [2.05, 4.69) is 0 Å². The van der Waals surface area contributed by atoms with Crippen LogP contribution in [0.25, 0.3) is 0 Å². The maximum atomic E-state index is 12.3. The minimum Gasteiger partial charge on any atom is -0.481 e. The van der Waals surface area contributed by atoms with Crippen LogP contribution in [-0.2, 0) is 9.59 Å². The molecule has 1 aliphatic carbocycles. The van der Waals surface area contributed by atoms with Gasteiger partial charge in [0.05, 0.1) is 11.5 Å². The number of likely N-dealkylation sites (tertiary alicyclic amines) is 1. The van der Waals surface area contributed by atoms with Crippen LogP contribution in [0.3, 0.4) is 0 Å². The molecular weight excluding hydrogens is 232 g/mol. The van der Waals surface area contributed by atoms with Gasteiger partial charge >= 0.3 is 5.97 Å². The van der Waals surface area contributed by atoms with Gasteiger partial charge in [0.15, 0.2) is 0 Å². The maximum absolute atomic E-state index is 12.3. The van der Waals surface area contributed by atoms with Crippen LogP contribution in [0.15, 0.2) is 0 Å². The molecule has 102 valence electrons. The van der Waals surface area contributed by atoms with Crippen molar-refractivity contribution in [3.63, 3.8) is 0 Å². The first-order chi connectivity index (χ1) is 8.44. The van der Waals surface area contributed by atoms with E-state index in [1.54, 1.807) is 11.8 Å². The molecule has 0 aromatic heterocycles. The van der Waals surface area contributed by atoms with Gasteiger partial charge in [0.25, 0.3) is 0 Å². The van der Waals surface area contributed by atoms with Crippen LogP contribution in [-0.4, -0.2) is 40.5 Å². The van der Waals surface area contributed by atoms with E-state index in [9.17, 15) is 9.59 Å². The molecule has 0 bridgehead atoms. The lowest BCUT2D eigenvalue weighted by Gasteiger charge is -2.46. The summed E-state index contributed by atoms with van der Waals surface area (Å²) in [7, 11) is 0. The zero-order valence-corrected chi connectivity index (χ0v) is 10.9. The molecule has 0 aromatic rings. The lowest BCUT2D eigenvalue weighted by atomic mass is 9.79. The van der Waals surface area contributed by atoms with Crippen molar-refractivity contribution in [2.24, 2.45) is 17.6 Å². The first-order valence-electron chi connectivity index (χ1n) is 6.75. The van der Waals surface area contributed by atoms with Crippen molar-refractivity contribution in [3.8, 4) is 0 Å². The molecular formula is C13H22N2O3. The first-order valence-corrected chi connectivity index (χ1v) is 6.75. The van der Waals surface area contributed by atoms with Crippen LogP contribution in [0.4, 0.5) is 0 Å². The van der Waals surface area contributed by atoms with Gasteiger partial charge in [-0.1, -0.05) is 26.2 Å². The Hall–Kier alpha value is -1.10. The molecule has 5 heteroatoms. The average Bonchev–Trinajstić information content (AvgIpc) is 2.27. The molecule has 1 saturated carbocycles. The second-order valence-electron chi connectivity index (χ2n) is 5.81. The van der Waals surface area contributed by atoms with E-state index in [1.165, 1.54) is 0 Å². The van der Waals surface area contributed by atoms with Crippen molar-refractivity contribution in [2.75, 3.05) is 13.1 Å². The highest BCUT2D eigenvalue weighted by molar-refractivity contribution is 5.87. The third-order valence-electron chi connectivity index (χ3n) is 4.47. The quantitative estimate of drug-likeness (QED) is 0.781. The summed E-state index contributed by atoms with van der Waals surface area (Å²) in [4.78, 5) is 24.9. The van der Waals surface area contributed by atoms with E-state index >= 15 is 0 Å². The zero-order valence-electron chi connectivity index (χ0n) is 10.9. The Bertz CT molecular complexity index is 344. The number of aliphatic carboxylic acids is 1. The predicted octanol–water partition coefficient (Wildman–Crippen LogP) is 0.827. The normalized spacial score (nSPS) is 25.3. The second-order valence-corrected chi connectivity index (χ2v) is 5.81. The molecule has 2 rings (SSSR count). The molecule has 18 heavy (non-hydrogen) atoms. The number of hydrogen-bond donors (Lipinski definition) is 2. The van der Waals surface area contributed by atoms with Gasteiger partial charge in [-0.2, -0.15) is 0 Å². The third kappa shape index (κ3) is 2.36. The van der Waals surface area contributed by atoms with Gasteiger partial charge in [0.1, 0.15) is 0 Å². The maximum Gasteiger partial charge on any atom is 0.306 e. The van der Waals surface area contributed by atoms with Crippen LogP contribution in [0.5, 0.6) is 0 Å². The molecule has 1 unspecified atom stereocenters. The summed E-state index contributed by atoms with van der Waals surface area (Å²) < 4.78 is 0. The Kier molecular flexibility index (Phi) is 3.61. The van der Waals surface area contributed by atoms with E-state index in [0.29, 0.717) is 13.1 Å². The van der Waals surface area contributed by atoms with Gasteiger partial charge < -0.3 is 15.7 Å². The van der Waals surface area contributed by atoms with Crippen molar-refractivity contribution in [1.82, 2.24) is 4.90 Å². The standard InChI is InChI=1S/C13H22N2O3/c1-9(11(16)17)10-7-15(8-10)12(18)13(14)5-3-2-4-6-13/h9-10H,2-8,14H2,1H3,(H,16,17). The molecule has 1 amide bonds. The molecule has 1 heterocycles. The molecule has 0 radical (unpaired) electrons. The minimum absolute atomic E-state index is 0.0241. The molecule has 1 aliphatic heterocycles. The first kappa shape index (κ1) is 13.3. The van der Waals surface area contributed by atoms with Crippen LogP contribution in [0.1, 0.15) is 39.0 Å². The molecule has 2 aliphatic rings. The van der Waals surface area contributed by atoms with Gasteiger partial charge in [-0.3, -0.25) is 9.59 Å². The summed E-state index contributed by atoms with van der Waals surface area (Å²) in [6, 6.07) is 0. The second kappa shape index (κ2) is 4.88. The third-order valence-corrected chi connectivity index (χ3v) is 4.47. The summed E-state index contributed by atoms with van der Waals surface area (Å²) in [5.74, 6) is -1.06. The highest BCUT2D eigenvalue weighted by Gasteiger charge is 2.44. The average molecular weight is 254 g/mol. The number of carboxylic acids is 1. The molecule has 1 atom stereocenters. The monoisotopic (exact) mass is 254 g/mol. The Balaban J connectivity index is 1.88. The van der Waals surface area contributed by atoms with Crippen molar-refractivity contribution >= 4 is 11.9 Å². The summed E-state index contributed by atoms with van der Waals surface area (Å²) in [5, 5.41) is 8.91. The number of carbonyl (C=O) groups is 2. The highest BCUT2D eigenvalue weighted by Crippen LogP contribution is 2.32. The van der Waals surface area contributed by atoms with E-state index in [1.807, 2.05) is 0 Å². The van der Waals surface area contributed by atoms with Crippen molar-refractivity contribution in [3.05, 3.63) is 0 Å². The van der Waals surface area contributed by atoms with Crippen molar-refractivity contribution in [2.45, 2.75) is 44.6 Å². The molecule has 1 saturated heterocycles. The van der Waals surface area contributed by atoms with Crippen LogP contribution >= 0.6 is 0 Å². The Morgan fingerprint density at radius 3 is 2.33 bits per heavy atom. The lowest BCUT2D eigenvalue weighted by Crippen LogP contribution is -2.63. The molecule has 0 spiro atoms. The van der Waals surface area contributed by atoms with Crippen molar-refractivity contribution < 1.29 is 14.7 Å². The largest absolute Gasteiger partial charge is 0.481 e. The van der Waals surface area contributed by atoms with Crippen LogP contribution < -0.4 is 5.73 Å².